The number of rotatable bonds is 6. The molecule has 0 unspecified atom stereocenters. The summed E-state index contributed by atoms with van der Waals surface area (Å²) >= 11 is 0. The summed E-state index contributed by atoms with van der Waals surface area (Å²) in [5, 5.41) is 21.3. The van der Waals surface area contributed by atoms with Gasteiger partial charge in [0.2, 0.25) is 0 Å². The number of hydrazone groups is 1. The van der Waals surface area contributed by atoms with Crippen molar-refractivity contribution in [3.8, 4) is 0 Å². The SMILES string of the molecule is C=N/C(=N\N(CN)C(=N)/C=C\C(=N)C(=O)Nc1ccccc1)C(F)(F)F. The highest BCUT2D eigenvalue weighted by molar-refractivity contribution is 6.46. The lowest BCUT2D eigenvalue weighted by Gasteiger charge is -2.16. The van der Waals surface area contributed by atoms with Gasteiger partial charge in [-0.3, -0.25) is 15.6 Å². The van der Waals surface area contributed by atoms with Crippen molar-refractivity contribution < 1.29 is 18.0 Å². The molecule has 0 heterocycles. The van der Waals surface area contributed by atoms with Gasteiger partial charge in [-0.2, -0.15) is 13.2 Å². The van der Waals surface area contributed by atoms with E-state index in [1.807, 2.05) is 0 Å². The third-order valence-corrected chi connectivity index (χ3v) is 2.75. The van der Waals surface area contributed by atoms with Crippen molar-refractivity contribution in [3.63, 3.8) is 0 Å². The van der Waals surface area contributed by atoms with Gasteiger partial charge in [0, 0.05) is 5.69 Å². The van der Waals surface area contributed by atoms with Crippen LogP contribution < -0.4 is 11.1 Å². The molecule has 0 radical (unpaired) electrons. The van der Waals surface area contributed by atoms with Crippen LogP contribution in [0.15, 0.2) is 52.6 Å². The van der Waals surface area contributed by atoms with Crippen LogP contribution in [0.1, 0.15) is 0 Å². The van der Waals surface area contributed by atoms with Crippen LogP contribution in [-0.4, -0.2) is 47.9 Å². The number of aliphatic imine (C=N–C) groups is 1. The van der Waals surface area contributed by atoms with Crippen molar-refractivity contribution in [3.05, 3.63) is 42.5 Å². The summed E-state index contributed by atoms with van der Waals surface area (Å²) in [7, 11) is 0. The van der Waals surface area contributed by atoms with Crippen LogP contribution >= 0.6 is 0 Å². The molecule has 0 saturated heterocycles. The van der Waals surface area contributed by atoms with Crippen molar-refractivity contribution >= 4 is 35.7 Å². The number of amidine groups is 2. The van der Waals surface area contributed by atoms with Gasteiger partial charge in [-0.05, 0) is 31.0 Å². The lowest BCUT2D eigenvalue weighted by atomic mass is 10.2. The topological polar surface area (TPSA) is 131 Å². The minimum Gasteiger partial charge on any atom is -0.321 e. The number of nitrogens with two attached hydrogens (primary N) is 1. The van der Waals surface area contributed by atoms with E-state index in [0.717, 1.165) is 12.2 Å². The second kappa shape index (κ2) is 9.22. The molecule has 1 rings (SSSR count). The Morgan fingerprint density at radius 2 is 1.88 bits per heavy atom. The fourth-order valence-corrected chi connectivity index (χ4v) is 1.53. The number of para-hydroxylation sites is 1. The Bertz CT molecular complexity index is 741. The molecule has 26 heavy (non-hydrogen) atoms. The van der Waals surface area contributed by atoms with E-state index in [1.165, 1.54) is 0 Å². The predicted octanol–water partition coefficient (Wildman–Crippen LogP) is 1.97. The molecule has 0 fully saturated rings. The average Bonchev–Trinajstić information content (AvgIpc) is 2.60. The van der Waals surface area contributed by atoms with Crippen molar-refractivity contribution in [1.29, 1.82) is 10.8 Å². The Morgan fingerprint density at radius 1 is 1.27 bits per heavy atom. The Hall–Kier alpha value is -3.34. The molecule has 1 aromatic carbocycles. The third-order valence-electron chi connectivity index (χ3n) is 2.75. The fraction of sp³-hybridized carbons (Fsp3) is 0.133. The highest BCUT2D eigenvalue weighted by atomic mass is 19.4. The van der Waals surface area contributed by atoms with Crippen LogP contribution in [0.2, 0.25) is 0 Å². The monoisotopic (exact) mass is 367 g/mol. The van der Waals surface area contributed by atoms with E-state index in [1.54, 1.807) is 30.3 Å². The van der Waals surface area contributed by atoms with Crippen molar-refractivity contribution in [2.45, 2.75) is 6.18 Å². The number of amides is 1. The predicted molar refractivity (Wildman–Crippen MR) is 93.6 cm³/mol. The molecule has 11 heteroatoms. The number of nitrogens with zero attached hydrogens (tertiary/aromatic N) is 3. The first-order valence-electron chi connectivity index (χ1n) is 7.00. The van der Waals surface area contributed by atoms with Gasteiger partial charge in [0.1, 0.15) is 11.5 Å². The number of hydrogen-bond acceptors (Lipinski definition) is 5. The smallest absolute Gasteiger partial charge is 0.321 e. The molecule has 0 aliphatic carbocycles. The molecule has 0 spiro atoms. The molecular weight excluding hydrogens is 351 g/mol. The van der Waals surface area contributed by atoms with Crippen LogP contribution in [0.25, 0.3) is 0 Å². The van der Waals surface area contributed by atoms with Crippen molar-refractivity contribution in [2.75, 3.05) is 12.0 Å². The van der Waals surface area contributed by atoms with Gasteiger partial charge in [-0.1, -0.05) is 18.2 Å². The zero-order valence-corrected chi connectivity index (χ0v) is 13.4. The maximum absolute atomic E-state index is 12.6. The Morgan fingerprint density at radius 3 is 2.38 bits per heavy atom. The van der Waals surface area contributed by atoms with Crippen LogP contribution in [0, 0.1) is 10.8 Å². The normalized spacial score (nSPS) is 11.9. The quantitative estimate of drug-likeness (QED) is 0.265. The zero-order chi connectivity index (χ0) is 19.7. The standard InChI is InChI=1S/C15H16F3N7O/c1-22-14(15(16,17)18)24-25(9-19)12(21)8-7-11(20)13(26)23-10-5-3-2-4-6-10/h2-8,20-21H,1,9,19H2,(H,23,26)/b8-7-,20-11?,21-12?,24-14-. The van der Waals surface area contributed by atoms with Crippen LogP contribution in [0.3, 0.4) is 0 Å². The first-order valence-corrected chi connectivity index (χ1v) is 7.00. The molecule has 1 amide bonds. The number of hydrogen-bond donors (Lipinski definition) is 4. The minimum atomic E-state index is -4.86. The molecule has 8 nitrogen and oxygen atoms in total. The summed E-state index contributed by atoms with van der Waals surface area (Å²) in [4.78, 5) is 14.6. The first-order chi connectivity index (χ1) is 12.2. The lowest BCUT2D eigenvalue weighted by molar-refractivity contribution is -0.110. The van der Waals surface area contributed by atoms with Gasteiger partial charge >= 0.3 is 6.18 Å². The summed E-state index contributed by atoms with van der Waals surface area (Å²) in [6.45, 7) is 2.21. The van der Waals surface area contributed by atoms with E-state index in [2.05, 4.69) is 22.1 Å². The summed E-state index contributed by atoms with van der Waals surface area (Å²) in [5.74, 6) is -2.90. The number of halogens is 3. The minimum absolute atomic E-state index is 0.464. The largest absolute Gasteiger partial charge is 0.453 e. The molecule has 5 N–H and O–H groups in total. The molecule has 1 aromatic rings. The Kier molecular flexibility index (Phi) is 7.34. The van der Waals surface area contributed by atoms with Crippen molar-refractivity contribution in [1.82, 2.24) is 5.01 Å². The number of alkyl halides is 3. The number of carbonyl (C=O) groups is 1. The van der Waals surface area contributed by atoms with Crippen LogP contribution in [0.5, 0.6) is 0 Å². The maximum Gasteiger partial charge on any atom is 0.453 e. The molecule has 0 saturated carbocycles. The van der Waals surface area contributed by atoms with Gasteiger partial charge in [0.15, 0.2) is 0 Å². The van der Waals surface area contributed by atoms with E-state index < -0.39 is 36.1 Å². The number of anilines is 1. The fourth-order valence-electron chi connectivity index (χ4n) is 1.53. The van der Waals surface area contributed by atoms with E-state index in [9.17, 15) is 18.0 Å². The second-order valence-electron chi connectivity index (χ2n) is 4.61. The lowest BCUT2D eigenvalue weighted by Crippen LogP contribution is -2.34. The van der Waals surface area contributed by atoms with Crippen molar-refractivity contribution in [2.24, 2.45) is 15.8 Å². The molecule has 0 aromatic heterocycles. The summed E-state index contributed by atoms with van der Waals surface area (Å²) in [6, 6.07) is 8.35. The maximum atomic E-state index is 12.6. The van der Waals surface area contributed by atoms with E-state index in [0.29, 0.717) is 10.7 Å². The molecular formula is C15H16F3N7O. The van der Waals surface area contributed by atoms with Gasteiger partial charge in [-0.15, -0.1) is 5.10 Å². The average molecular weight is 367 g/mol. The van der Waals surface area contributed by atoms with E-state index >= 15 is 0 Å². The second-order valence-corrected chi connectivity index (χ2v) is 4.61. The number of nitrogens with one attached hydrogen (secondary N) is 3. The summed E-state index contributed by atoms with van der Waals surface area (Å²) in [6.07, 6.45) is -3.00. The summed E-state index contributed by atoms with van der Waals surface area (Å²) < 4.78 is 37.8. The first kappa shape index (κ1) is 20.7. The Balaban J connectivity index is 2.80. The van der Waals surface area contributed by atoms with Gasteiger partial charge in [0.05, 0.1) is 6.67 Å². The molecule has 0 bridgehead atoms. The highest BCUT2D eigenvalue weighted by Gasteiger charge is 2.36. The molecule has 138 valence electrons. The van der Waals surface area contributed by atoms with Gasteiger partial charge in [-0.25, -0.2) is 10.0 Å². The highest BCUT2D eigenvalue weighted by Crippen LogP contribution is 2.18. The molecule has 0 aliphatic heterocycles. The molecule has 0 aliphatic rings. The van der Waals surface area contributed by atoms with E-state index in [-0.39, 0.29) is 0 Å². The van der Waals surface area contributed by atoms with Crippen LogP contribution in [0.4, 0.5) is 18.9 Å². The number of benzene rings is 1. The van der Waals surface area contributed by atoms with Gasteiger partial charge < -0.3 is 11.1 Å². The zero-order valence-electron chi connectivity index (χ0n) is 13.4. The van der Waals surface area contributed by atoms with Gasteiger partial charge in [0.25, 0.3) is 11.7 Å². The molecule has 0 atom stereocenters. The van der Waals surface area contributed by atoms with E-state index in [4.69, 9.17) is 16.6 Å². The van der Waals surface area contributed by atoms with Crippen LogP contribution in [-0.2, 0) is 4.79 Å². The summed E-state index contributed by atoms with van der Waals surface area (Å²) in [5.41, 5.74) is 5.22. The third kappa shape index (κ3) is 6.28. The number of carbonyl (C=O) groups excluding carboxylic acids is 1. The Labute approximate surface area is 146 Å².